The molecule has 2 heterocycles. The van der Waals surface area contributed by atoms with Gasteiger partial charge in [0.15, 0.2) is 0 Å². The topological polar surface area (TPSA) is 66.9 Å². The monoisotopic (exact) mass is 366 g/mol. The number of hydrogen-bond acceptors (Lipinski definition) is 4. The van der Waals surface area contributed by atoms with E-state index in [2.05, 4.69) is 20.6 Å². The number of anilines is 2. The zero-order chi connectivity index (χ0) is 18.5. The number of hydrogen-bond donors (Lipinski definition) is 2. The molecule has 0 atom stereocenters. The summed E-state index contributed by atoms with van der Waals surface area (Å²) in [5.74, 6) is 0.445. The van der Waals surface area contributed by atoms with Crippen LogP contribution in [-0.4, -0.2) is 15.9 Å². The molecule has 0 unspecified atom stereocenters. The minimum Gasteiger partial charge on any atom is -0.366 e. The number of carbonyl (C=O) groups is 1. The molecule has 0 radical (unpaired) electrons. The van der Waals surface area contributed by atoms with Gasteiger partial charge in [-0.2, -0.15) is 0 Å². The van der Waals surface area contributed by atoms with E-state index in [9.17, 15) is 4.79 Å². The molecule has 132 valence electrons. The number of aromatic nitrogens is 2. The van der Waals surface area contributed by atoms with E-state index in [1.807, 2.05) is 38.1 Å². The molecule has 6 heteroatoms. The average molecular weight is 367 g/mol. The number of pyridine rings is 2. The highest BCUT2D eigenvalue weighted by Crippen LogP contribution is 2.27. The lowest BCUT2D eigenvalue weighted by Gasteiger charge is -2.12. The Morgan fingerprint density at radius 3 is 2.65 bits per heavy atom. The summed E-state index contributed by atoms with van der Waals surface area (Å²) in [6, 6.07) is 11.2. The van der Waals surface area contributed by atoms with Gasteiger partial charge in [0.25, 0.3) is 5.91 Å². The molecule has 0 aliphatic heterocycles. The number of rotatable bonds is 5. The van der Waals surface area contributed by atoms with Crippen LogP contribution in [0.3, 0.4) is 0 Å². The van der Waals surface area contributed by atoms with Gasteiger partial charge < -0.3 is 10.6 Å². The number of benzene rings is 1. The Morgan fingerprint density at radius 2 is 2.00 bits per heavy atom. The van der Waals surface area contributed by atoms with Crippen molar-refractivity contribution in [2.45, 2.75) is 20.4 Å². The third kappa shape index (κ3) is 4.37. The van der Waals surface area contributed by atoms with Gasteiger partial charge in [0.05, 0.1) is 16.3 Å². The molecule has 5 nitrogen and oxygen atoms in total. The first-order valence-corrected chi connectivity index (χ1v) is 8.57. The lowest BCUT2D eigenvalue weighted by molar-refractivity contribution is 0.102. The normalized spacial score (nSPS) is 10.4. The van der Waals surface area contributed by atoms with Crippen LogP contribution in [-0.2, 0) is 6.54 Å². The predicted octanol–water partition coefficient (Wildman–Crippen LogP) is 4.61. The van der Waals surface area contributed by atoms with Crippen LogP contribution in [0.4, 0.5) is 11.5 Å². The number of nitrogens with one attached hydrogen (secondary N) is 2. The van der Waals surface area contributed by atoms with Crippen LogP contribution in [0.2, 0.25) is 5.02 Å². The molecular formula is C20H19ClN4O. The fourth-order valence-corrected chi connectivity index (χ4v) is 2.96. The van der Waals surface area contributed by atoms with Crippen molar-refractivity contribution in [3.8, 4) is 0 Å². The molecule has 1 aromatic carbocycles. The molecule has 0 bridgehead atoms. The quantitative estimate of drug-likeness (QED) is 0.691. The Balaban J connectivity index is 1.66. The van der Waals surface area contributed by atoms with E-state index < -0.39 is 0 Å². The Bertz CT molecular complexity index is 888. The summed E-state index contributed by atoms with van der Waals surface area (Å²) in [7, 11) is 0. The van der Waals surface area contributed by atoms with Gasteiger partial charge in [0.1, 0.15) is 5.82 Å². The summed E-state index contributed by atoms with van der Waals surface area (Å²) in [6.45, 7) is 4.49. The minimum absolute atomic E-state index is 0.245. The highest BCUT2D eigenvalue weighted by Gasteiger charge is 2.12. The van der Waals surface area contributed by atoms with Crippen molar-refractivity contribution < 1.29 is 4.79 Å². The van der Waals surface area contributed by atoms with Crippen LogP contribution >= 0.6 is 11.6 Å². The minimum atomic E-state index is -0.245. The van der Waals surface area contributed by atoms with E-state index in [1.54, 1.807) is 30.7 Å². The van der Waals surface area contributed by atoms with Gasteiger partial charge in [-0.15, -0.1) is 0 Å². The lowest BCUT2D eigenvalue weighted by Crippen LogP contribution is -2.14. The number of nitrogens with zero attached hydrogens (tertiary/aromatic N) is 2. The maximum absolute atomic E-state index is 12.5. The van der Waals surface area contributed by atoms with Crippen LogP contribution in [0.5, 0.6) is 0 Å². The second kappa shape index (κ2) is 7.97. The molecule has 26 heavy (non-hydrogen) atoms. The van der Waals surface area contributed by atoms with Crippen LogP contribution in [0.25, 0.3) is 0 Å². The van der Waals surface area contributed by atoms with E-state index >= 15 is 0 Å². The van der Waals surface area contributed by atoms with Crippen molar-refractivity contribution >= 4 is 29.0 Å². The number of amides is 1. The van der Waals surface area contributed by atoms with Gasteiger partial charge in [0, 0.05) is 25.1 Å². The maximum atomic E-state index is 12.5. The molecule has 0 spiro atoms. The zero-order valence-electron chi connectivity index (χ0n) is 14.6. The fraction of sp³-hybridized carbons (Fsp3) is 0.150. The predicted molar refractivity (Wildman–Crippen MR) is 105 cm³/mol. The first-order chi connectivity index (χ1) is 12.5. The SMILES string of the molecule is Cc1cc(C)c(NC(=O)c2ccc(NCc3cccnc3)nc2)c(Cl)c1. The van der Waals surface area contributed by atoms with E-state index in [0.717, 1.165) is 16.7 Å². The number of halogens is 1. The van der Waals surface area contributed by atoms with Gasteiger partial charge in [-0.05, 0) is 54.8 Å². The first-order valence-electron chi connectivity index (χ1n) is 8.20. The molecular weight excluding hydrogens is 348 g/mol. The van der Waals surface area contributed by atoms with Crippen molar-refractivity contribution in [2.75, 3.05) is 10.6 Å². The Morgan fingerprint density at radius 1 is 1.15 bits per heavy atom. The van der Waals surface area contributed by atoms with Gasteiger partial charge >= 0.3 is 0 Å². The fourth-order valence-electron chi connectivity index (χ4n) is 2.59. The van der Waals surface area contributed by atoms with Gasteiger partial charge in [-0.3, -0.25) is 9.78 Å². The van der Waals surface area contributed by atoms with Gasteiger partial charge in [-0.25, -0.2) is 4.98 Å². The Hall–Kier alpha value is -2.92. The molecule has 2 N–H and O–H groups in total. The van der Waals surface area contributed by atoms with Crippen molar-refractivity contribution in [1.29, 1.82) is 0 Å². The summed E-state index contributed by atoms with van der Waals surface area (Å²) in [4.78, 5) is 20.8. The number of carbonyl (C=O) groups excluding carboxylic acids is 1. The molecule has 0 aliphatic carbocycles. The summed E-state index contributed by atoms with van der Waals surface area (Å²) < 4.78 is 0. The summed E-state index contributed by atoms with van der Waals surface area (Å²) in [5.41, 5.74) is 4.12. The van der Waals surface area contributed by atoms with Crippen LogP contribution in [0.15, 0.2) is 55.0 Å². The second-order valence-corrected chi connectivity index (χ2v) is 6.45. The summed E-state index contributed by atoms with van der Waals surface area (Å²) >= 11 is 6.25. The lowest BCUT2D eigenvalue weighted by atomic mass is 10.1. The Kier molecular flexibility index (Phi) is 5.49. The smallest absolute Gasteiger partial charge is 0.257 e. The highest BCUT2D eigenvalue weighted by atomic mass is 35.5. The van der Waals surface area contributed by atoms with Crippen LogP contribution < -0.4 is 10.6 Å². The summed E-state index contributed by atoms with van der Waals surface area (Å²) in [6.07, 6.45) is 5.07. The molecule has 3 aromatic rings. The summed E-state index contributed by atoms with van der Waals surface area (Å²) in [5, 5.41) is 6.58. The molecule has 2 aromatic heterocycles. The number of aryl methyl sites for hydroxylation is 2. The molecule has 0 fully saturated rings. The average Bonchev–Trinajstić information content (AvgIpc) is 2.64. The van der Waals surface area contributed by atoms with Crippen LogP contribution in [0, 0.1) is 13.8 Å². The van der Waals surface area contributed by atoms with Crippen molar-refractivity contribution in [1.82, 2.24) is 9.97 Å². The van der Waals surface area contributed by atoms with Crippen LogP contribution in [0.1, 0.15) is 27.0 Å². The maximum Gasteiger partial charge on any atom is 0.257 e. The molecule has 1 amide bonds. The molecule has 0 saturated heterocycles. The zero-order valence-corrected chi connectivity index (χ0v) is 15.3. The van der Waals surface area contributed by atoms with Crippen molar-refractivity contribution in [3.05, 3.63) is 82.3 Å². The van der Waals surface area contributed by atoms with Crippen molar-refractivity contribution in [2.24, 2.45) is 0 Å². The molecule has 0 aliphatic rings. The first kappa shape index (κ1) is 17.9. The largest absolute Gasteiger partial charge is 0.366 e. The molecule has 0 saturated carbocycles. The molecule has 3 rings (SSSR count). The highest BCUT2D eigenvalue weighted by molar-refractivity contribution is 6.34. The van der Waals surface area contributed by atoms with Gasteiger partial charge in [0.2, 0.25) is 0 Å². The third-order valence-corrected chi connectivity index (χ3v) is 4.19. The van der Waals surface area contributed by atoms with E-state index in [4.69, 9.17) is 11.6 Å². The van der Waals surface area contributed by atoms with E-state index in [0.29, 0.717) is 28.6 Å². The van der Waals surface area contributed by atoms with Crippen molar-refractivity contribution in [3.63, 3.8) is 0 Å². The van der Waals surface area contributed by atoms with E-state index in [-0.39, 0.29) is 5.91 Å². The third-order valence-electron chi connectivity index (χ3n) is 3.89. The van der Waals surface area contributed by atoms with Gasteiger partial charge in [-0.1, -0.05) is 23.7 Å². The van der Waals surface area contributed by atoms with E-state index in [1.165, 1.54) is 0 Å². The Labute approximate surface area is 157 Å². The second-order valence-electron chi connectivity index (χ2n) is 6.04. The standard InChI is InChI=1S/C20H19ClN4O/c1-13-8-14(2)19(17(21)9-13)25-20(26)16-5-6-18(24-12-16)23-11-15-4-3-7-22-10-15/h3-10,12H,11H2,1-2H3,(H,23,24)(H,25,26).